The molecule has 0 bridgehead atoms. The number of methoxy groups -OCH3 is 3. The lowest BCUT2D eigenvalue weighted by Crippen LogP contribution is -2.25. The van der Waals surface area contributed by atoms with Gasteiger partial charge in [-0.25, -0.2) is 5.43 Å². The molecule has 0 saturated carbocycles. The van der Waals surface area contributed by atoms with Gasteiger partial charge in [-0.05, 0) is 49.2 Å². The number of aryl methyl sites for hydroxylation is 2. The number of nitrogens with one attached hydrogen (secondary N) is 1. The lowest BCUT2D eigenvalue weighted by atomic mass is 10.1. The van der Waals surface area contributed by atoms with Crippen LogP contribution in [0.2, 0.25) is 0 Å². The number of amides is 1. The molecule has 8 heteroatoms. The SMILES string of the molecule is COc1cc(/C=N/NC(=O)COc2c(C)cc(Br)cc2C)cc(OC)c1OC. The van der Waals surface area contributed by atoms with Crippen molar-refractivity contribution in [2.24, 2.45) is 5.10 Å². The molecule has 0 radical (unpaired) electrons. The standard InChI is InChI=1S/C20H23BrN2O5/c1-12-6-15(21)7-13(2)19(12)28-11-18(24)23-22-10-14-8-16(25-3)20(27-5)17(9-14)26-4/h6-10H,11H2,1-5H3,(H,23,24)/b22-10+. The molecule has 0 unspecified atom stereocenters. The maximum atomic E-state index is 12.0. The van der Waals surface area contributed by atoms with Gasteiger partial charge in [0.15, 0.2) is 18.1 Å². The highest BCUT2D eigenvalue weighted by Crippen LogP contribution is 2.37. The molecule has 0 spiro atoms. The number of nitrogens with zero attached hydrogens (tertiary/aromatic N) is 1. The Balaban J connectivity index is 2.00. The second kappa shape index (κ2) is 9.98. The van der Waals surface area contributed by atoms with Crippen LogP contribution in [0, 0.1) is 13.8 Å². The van der Waals surface area contributed by atoms with E-state index in [2.05, 4.69) is 26.5 Å². The zero-order chi connectivity index (χ0) is 20.7. The summed E-state index contributed by atoms with van der Waals surface area (Å²) in [7, 11) is 4.59. The first-order valence-electron chi connectivity index (χ1n) is 8.41. The van der Waals surface area contributed by atoms with E-state index < -0.39 is 0 Å². The van der Waals surface area contributed by atoms with Gasteiger partial charge in [-0.1, -0.05) is 15.9 Å². The summed E-state index contributed by atoms with van der Waals surface area (Å²) in [5.74, 6) is 1.80. The zero-order valence-corrected chi connectivity index (χ0v) is 18.0. The van der Waals surface area contributed by atoms with Gasteiger partial charge in [-0.15, -0.1) is 0 Å². The topological polar surface area (TPSA) is 78.4 Å². The van der Waals surface area contributed by atoms with Crippen molar-refractivity contribution in [3.63, 3.8) is 0 Å². The van der Waals surface area contributed by atoms with E-state index in [1.807, 2.05) is 26.0 Å². The number of hydrogen-bond acceptors (Lipinski definition) is 6. The monoisotopic (exact) mass is 450 g/mol. The van der Waals surface area contributed by atoms with Crippen LogP contribution in [0.4, 0.5) is 0 Å². The Morgan fingerprint density at radius 3 is 2.07 bits per heavy atom. The first-order valence-corrected chi connectivity index (χ1v) is 9.20. The molecule has 0 aliphatic heterocycles. The maximum absolute atomic E-state index is 12.0. The fourth-order valence-corrected chi connectivity index (χ4v) is 3.34. The van der Waals surface area contributed by atoms with Crippen LogP contribution in [-0.4, -0.2) is 40.1 Å². The fourth-order valence-electron chi connectivity index (χ4n) is 2.65. The summed E-state index contributed by atoms with van der Waals surface area (Å²) >= 11 is 3.43. The summed E-state index contributed by atoms with van der Waals surface area (Å²) in [6.45, 7) is 3.71. The van der Waals surface area contributed by atoms with Crippen LogP contribution in [0.5, 0.6) is 23.0 Å². The van der Waals surface area contributed by atoms with E-state index in [4.69, 9.17) is 18.9 Å². The third-order valence-electron chi connectivity index (χ3n) is 3.86. The molecule has 1 N–H and O–H groups in total. The first-order chi connectivity index (χ1) is 13.4. The predicted octanol–water partition coefficient (Wildman–Crippen LogP) is 3.62. The van der Waals surface area contributed by atoms with E-state index in [1.165, 1.54) is 27.5 Å². The summed E-state index contributed by atoms with van der Waals surface area (Å²) in [6, 6.07) is 7.32. The fraction of sp³-hybridized carbons (Fsp3) is 0.300. The number of hydrogen-bond donors (Lipinski definition) is 1. The molecule has 28 heavy (non-hydrogen) atoms. The summed E-state index contributed by atoms with van der Waals surface area (Å²) in [6.07, 6.45) is 1.48. The molecule has 0 atom stereocenters. The lowest BCUT2D eigenvalue weighted by molar-refractivity contribution is -0.123. The molecule has 0 saturated heterocycles. The van der Waals surface area contributed by atoms with Gasteiger partial charge < -0.3 is 18.9 Å². The Labute approximate surface area is 172 Å². The number of hydrazone groups is 1. The summed E-state index contributed by atoms with van der Waals surface area (Å²) in [5.41, 5.74) is 5.00. The second-order valence-corrected chi connectivity index (χ2v) is 6.82. The summed E-state index contributed by atoms with van der Waals surface area (Å²) < 4.78 is 22.4. The van der Waals surface area contributed by atoms with Crippen molar-refractivity contribution in [3.05, 3.63) is 45.4 Å². The number of halogens is 1. The molecular weight excluding hydrogens is 428 g/mol. The first kappa shape index (κ1) is 21.6. The average molecular weight is 451 g/mol. The van der Waals surface area contributed by atoms with Crippen LogP contribution in [0.3, 0.4) is 0 Å². The van der Waals surface area contributed by atoms with Crippen LogP contribution in [0.1, 0.15) is 16.7 Å². The maximum Gasteiger partial charge on any atom is 0.277 e. The molecule has 0 aromatic heterocycles. The average Bonchev–Trinajstić information content (AvgIpc) is 2.66. The number of carbonyl (C=O) groups is 1. The van der Waals surface area contributed by atoms with Crippen molar-refractivity contribution in [3.8, 4) is 23.0 Å². The Morgan fingerprint density at radius 2 is 1.57 bits per heavy atom. The third-order valence-corrected chi connectivity index (χ3v) is 4.32. The van der Waals surface area contributed by atoms with E-state index in [0.29, 0.717) is 28.6 Å². The van der Waals surface area contributed by atoms with E-state index in [9.17, 15) is 4.79 Å². The smallest absolute Gasteiger partial charge is 0.277 e. The van der Waals surface area contributed by atoms with Crippen LogP contribution < -0.4 is 24.4 Å². The summed E-state index contributed by atoms with van der Waals surface area (Å²) in [5, 5.41) is 3.96. The van der Waals surface area contributed by atoms with Gasteiger partial charge in [-0.3, -0.25) is 4.79 Å². The molecule has 7 nitrogen and oxygen atoms in total. The highest BCUT2D eigenvalue weighted by atomic mass is 79.9. The lowest BCUT2D eigenvalue weighted by Gasteiger charge is -2.13. The Morgan fingerprint density at radius 1 is 1.00 bits per heavy atom. The van der Waals surface area contributed by atoms with E-state index in [-0.39, 0.29) is 12.5 Å². The van der Waals surface area contributed by atoms with Crippen molar-refractivity contribution >= 4 is 28.1 Å². The summed E-state index contributed by atoms with van der Waals surface area (Å²) in [4.78, 5) is 12.0. The highest BCUT2D eigenvalue weighted by Gasteiger charge is 2.12. The van der Waals surface area contributed by atoms with Gasteiger partial charge in [0.05, 0.1) is 27.5 Å². The molecular formula is C20H23BrN2O5. The van der Waals surface area contributed by atoms with Crippen molar-refractivity contribution in [1.29, 1.82) is 0 Å². The van der Waals surface area contributed by atoms with Crippen LogP contribution in [0.25, 0.3) is 0 Å². The van der Waals surface area contributed by atoms with Crippen molar-refractivity contribution < 1.29 is 23.7 Å². The normalized spacial score (nSPS) is 10.6. The number of benzene rings is 2. The Hall–Kier alpha value is -2.74. The molecule has 2 rings (SSSR count). The molecule has 150 valence electrons. The largest absolute Gasteiger partial charge is 0.493 e. The number of carbonyl (C=O) groups excluding carboxylic acids is 1. The number of ether oxygens (including phenoxy) is 4. The second-order valence-electron chi connectivity index (χ2n) is 5.91. The van der Waals surface area contributed by atoms with Crippen molar-refractivity contribution in [2.45, 2.75) is 13.8 Å². The quantitative estimate of drug-likeness (QED) is 0.490. The minimum atomic E-state index is -0.370. The van der Waals surface area contributed by atoms with Crippen LogP contribution in [0.15, 0.2) is 33.8 Å². The molecule has 1 amide bonds. The molecule has 0 aliphatic carbocycles. The van der Waals surface area contributed by atoms with E-state index in [1.54, 1.807) is 12.1 Å². The van der Waals surface area contributed by atoms with Gasteiger partial charge in [-0.2, -0.15) is 5.10 Å². The zero-order valence-electron chi connectivity index (χ0n) is 16.5. The Bertz CT molecular complexity index is 835. The molecule has 0 heterocycles. The van der Waals surface area contributed by atoms with Crippen molar-refractivity contribution in [2.75, 3.05) is 27.9 Å². The predicted molar refractivity (Wildman–Crippen MR) is 111 cm³/mol. The molecule has 0 aliphatic rings. The Kier molecular flexibility index (Phi) is 7.69. The van der Waals surface area contributed by atoms with Crippen molar-refractivity contribution in [1.82, 2.24) is 5.43 Å². The van der Waals surface area contributed by atoms with Crippen LogP contribution in [-0.2, 0) is 4.79 Å². The van der Waals surface area contributed by atoms with Gasteiger partial charge in [0.1, 0.15) is 5.75 Å². The minimum Gasteiger partial charge on any atom is -0.493 e. The van der Waals surface area contributed by atoms with E-state index in [0.717, 1.165) is 15.6 Å². The van der Waals surface area contributed by atoms with Gasteiger partial charge in [0.25, 0.3) is 5.91 Å². The minimum absolute atomic E-state index is 0.143. The highest BCUT2D eigenvalue weighted by molar-refractivity contribution is 9.10. The molecule has 0 fully saturated rings. The molecule has 2 aromatic carbocycles. The third kappa shape index (κ3) is 5.39. The van der Waals surface area contributed by atoms with E-state index >= 15 is 0 Å². The molecule has 2 aromatic rings. The van der Waals surface area contributed by atoms with Gasteiger partial charge >= 0.3 is 0 Å². The van der Waals surface area contributed by atoms with Gasteiger partial charge in [0.2, 0.25) is 5.75 Å². The van der Waals surface area contributed by atoms with Crippen LogP contribution >= 0.6 is 15.9 Å². The number of rotatable bonds is 8. The van der Waals surface area contributed by atoms with Gasteiger partial charge in [0, 0.05) is 10.0 Å².